The molecule has 8 N–H and O–H groups in total. The lowest BCUT2D eigenvalue weighted by molar-refractivity contribution is -0.141. The molecule has 14 heteroatoms. The minimum atomic E-state index is -3.54. The molecule has 0 saturated heterocycles. The lowest BCUT2D eigenvalue weighted by Gasteiger charge is -2.23. The Labute approximate surface area is 257 Å². The molecule has 11 nitrogen and oxygen atoms in total. The van der Waals surface area contributed by atoms with Crippen LogP contribution < -0.4 is 16.2 Å². The highest BCUT2D eigenvalue weighted by Gasteiger charge is 2.25. The van der Waals surface area contributed by atoms with E-state index in [2.05, 4.69) is 4.72 Å². The molecule has 0 atom stereocenters. The molecule has 0 heterocycles. The average Bonchev–Trinajstić information content (AvgIpc) is 2.91. The number of nitrogens with two attached hydrogens (primary N) is 2. The first-order valence-corrected chi connectivity index (χ1v) is 16.9. The average molecular weight is 658 g/mol. The Balaban J connectivity index is -0.000000233. The number of sulfonamides is 1. The van der Waals surface area contributed by atoms with Crippen LogP contribution in [0.5, 0.6) is 0 Å². The number of hydrogen-bond donors (Lipinski definition) is 6. The van der Waals surface area contributed by atoms with Crippen molar-refractivity contribution in [3.8, 4) is 0 Å². The highest BCUT2D eigenvalue weighted by atomic mass is 35.7. The molecule has 0 fully saturated rings. The predicted octanol–water partition coefficient (Wildman–Crippen LogP) is 3.93. The first kappa shape index (κ1) is 46.8. The quantitative estimate of drug-likeness (QED) is 0.236. The van der Waals surface area contributed by atoms with Gasteiger partial charge in [-0.05, 0) is 65.8 Å². The molecule has 0 radical (unpaired) electrons. The van der Waals surface area contributed by atoms with Crippen molar-refractivity contribution in [2.45, 2.75) is 95.6 Å². The van der Waals surface area contributed by atoms with Gasteiger partial charge in [0.25, 0.3) is 9.05 Å². The van der Waals surface area contributed by atoms with E-state index in [4.69, 9.17) is 37.5 Å². The van der Waals surface area contributed by atoms with Crippen molar-refractivity contribution in [3.63, 3.8) is 0 Å². The number of aliphatic hydroxyl groups excluding tert-OH is 2. The Hall–Kier alpha value is -2.10. The number of halogens is 1. The van der Waals surface area contributed by atoms with Crippen LogP contribution in [0.2, 0.25) is 0 Å². The second-order valence-corrected chi connectivity index (χ2v) is 14.1. The zero-order chi connectivity index (χ0) is 34.4. The van der Waals surface area contributed by atoms with E-state index in [1.807, 2.05) is 27.7 Å². The van der Waals surface area contributed by atoms with Crippen molar-refractivity contribution in [3.05, 3.63) is 60.7 Å². The number of hydrogen-bond acceptors (Lipinski definition) is 9. The molecule has 2 aromatic carbocycles. The van der Waals surface area contributed by atoms with Gasteiger partial charge in [0, 0.05) is 16.2 Å². The van der Waals surface area contributed by atoms with Crippen LogP contribution in [0.4, 0.5) is 0 Å². The fourth-order valence-corrected chi connectivity index (χ4v) is 3.85. The summed E-state index contributed by atoms with van der Waals surface area (Å²) >= 11 is 0. The topological polar surface area (TPSA) is 210 Å². The standard InChI is InChI=1S/C10H15NO3S.C6H5ClO2S.C4H9NO2.C4H11NO.2C2H6/c1-10(2,8-12)11-15(13,14)9-6-4-3-5-7-9;7-10(8,9)6-4-2-1-3-5-6;1-4(2,5)3(6)7;1-4(2,5)3-6;2*1-2/h3-7,11-12H,8H2,1-2H3;1-5H;5H2,1-2H3,(H,6,7);6H,3,5H2,1-2H3;2*1-2H3. The van der Waals surface area contributed by atoms with Gasteiger partial charge in [0.1, 0.15) is 5.54 Å². The summed E-state index contributed by atoms with van der Waals surface area (Å²) in [7, 11) is -2.04. The van der Waals surface area contributed by atoms with Crippen molar-refractivity contribution >= 4 is 35.7 Å². The number of rotatable bonds is 7. The van der Waals surface area contributed by atoms with Gasteiger partial charge in [0.05, 0.1) is 28.5 Å². The monoisotopic (exact) mass is 657 g/mol. The fraction of sp³-hybridized carbons (Fsp3) is 0.536. The maximum atomic E-state index is 11.8. The van der Waals surface area contributed by atoms with E-state index in [9.17, 15) is 21.6 Å². The second-order valence-electron chi connectivity index (χ2n) is 9.88. The third kappa shape index (κ3) is 26.8. The van der Waals surface area contributed by atoms with Crippen LogP contribution in [-0.2, 0) is 23.9 Å². The van der Waals surface area contributed by atoms with Crippen molar-refractivity contribution in [1.29, 1.82) is 0 Å². The first-order chi connectivity index (χ1) is 19.0. The molecule has 0 aliphatic heterocycles. The number of carbonyl (C=O) groups is 1. The van der Waals surface area contributed by atoms with E-state index >= 15 is 0 Å². The summed E-state index contributed by atoms with van der Waals surface area (Å²) in [6.45, 7) is 17.5. The van der Waals surface area contributed by atoms with Gasteiger partial charge in [-0.1, -0.05) is 64.1 Å². The van der Waals surface area contributed by atoms with Crippen LogP contribution in [0.3, 0.4) is 0 Å². The molecule has 0 saturated carbocycles. The molecule has 2 rings (SSSR count). The zero-order valence-electron chi connectivity index (χ0n) is 26.4. The second kappa shape index (κ2) is 22.4. The van der Waals surface area contributed by atoms with Gasteiger partial charge in [-0.15, -0.1) is 0 Å². The number of aliphatic hydroxyl groups is 2. The SMILES string of the molecule is CC.CC.CC(C)(CO)NS(=O)(=O)c1ccccc1.CC(C)(N)C(=O)O.CC(C)(N)CO.O=S(=O)(Cl)c1ccccc1. The molecule has 0 aliphatic carbocycles. The minimum absolute atomic E-state index is 0.0486. The predicted molar refractivity (Wildman–Crippen MR) is 171 cm³/mol. The zero-order valence-corrected chi connectivity index (χ0v) is 28.8. The third-order valence-corrected chi connectivity index (χ3v) is 6.93. The van der Waals surface area contributed by atoms with Gasteiger partial charge in [-0.3, -0.25) is 4.79 Å². The number of carboxylic acid groups (broad SMARTS) is 1. The van der Waals surface area contributed by atoms with Crippen molar-refractivity contribution in [2.24, 2.45) is 11.5 Å². The van der Waals surface area contributed by atoms with E-state index in [0.717, 1.165) is 0 Å². The Morgan fingerprint density at radius 1 is 0.738 bits per heavy atom. The summed E-state index contributed by atoms with van der Waals surface area (Å²) in [5, 5.41) is 25.4. The third-order valence-electron chi connectivity index (χ3n) is 3.84. The highest BCUT2D eigenvalue weighted by Crippen LogP contribution is 2.13. The van der Waals surface area contributed by atoms with Crippen LogP contribution in [-0.4, -0.2) is 68.0 Å². The van der Waals surface area contributed by atoms with Gasteiger partial charge in [0.2, 0.25) is 10.0 Å². The minimum Gasteiger partial charge on any atom is -0.480 e. The molecule has 0 aromatic heterocycles. The lowest BCUT2D eigenvalue weighted by atomic mass is 10.1. The van der Waals surface area contributed by atoms with Crippen LogP contribution in [0, 0.1) is 0 Å². The highest BCUT2D eigenvalue weighted by molar-refractivity contribution is 8.13. The number of carboxylic acids is 1. The number of benzene rings is 2. The summed E-state index contributed by atoms with van der Waals surface area (Å²) in [6.07, 6.45) is 0. The first-order valence-electron chi connectivity index (χ1n) is 13.1. The Morgan fingerprint density at radius 3 is 1.21 bits per heavy atom. The molecule has 0 unspecified atom stereocenters. The summed E-state index contributed by atoms with van der Waals surface area (Å²) < 4.78 is 47.2. The molecular weight excluding hydrogens is 606 g/mol. The van der Waals surface area contributed by atoms with E-state index in [0.29, 0.717) is 0 Å². The summed E-state index contributed by atoms with van der Waals surface area (Å²) in [5.74, 6) is -0.979. The van der Waals surface area contributed by atoms with Crippen LogP contribution in [0.25, 0.3) is 0 Å². The van der Waals surface area contributed by atoms with E-state index in [-0.39, 0.29) is 23.0 Å². The molecule has 2 aromatic rings. The lowest BCUT2D eigenvalue weighted by Crippen LogP contribution is -2.46. The largest absolute Gasteiger partial charge is 0.480 e. The number of nitrogens with one attached hydrogen (secondary N) is 1. The van der Waals surface area contributed by atoms with Crippen molar-refractivity contribution in [2.75, 3.05) is 13.2 Å². The molecule has 42 heavy (non-hydrogen) atoms. The van der Waals surface area contributed by atoms with E-state index in [1.54, 1.807) is 64.1 Å². The fourth-order valence-electron chi connectivity index (χ4n) is 1.64. The number of aliphatic carboxylic acids is 1. The van der Waals surface area contributed by atoms with Gasteiger partial charge < -0.3 is 26.8 Å². The summed E-state index contributed by atoms with van der Waals surface area (Å²) in [6, 6.07) is 15.9. The van der Waals surface area contributed by atoms with E-state index in [1.165, 1.54) is 38.1 Å². The molecular formula is C28H52ClN3O8S2. The van der Waals surface area contributed by atoms with Gasteiger partial charge in [-0.2, -0.15) is 0 Å². The summed E-state index contributed by atoms with van der Waals surface area (Å²) in [4.78, 5) is 10.2. The normalized spacial score (nSPS) is 11.1. The maximum Gasteiger partial charge on any atom is 0.323 e. The van der Waals surface area contributed by atoms with E-state index < -0.39 is 41.7 Å². The van der Waals surface area contributed by atoms with Crippen LogP contribution in [0.1, 0.15) is 69.2 Å². The van der Waals surface area contributed by atoms with Gasteiger partial charge in [-0.25, -0.2) is 21.6 Å². The maximum absolute atomic E-state index is 11.8. The molecule has 246 valence electrons. The molecule has 0 bridgehead atoms. The van der Waals surface area contributed by atoms with Crippen molar-refractivity contribution in [1.82, 2.24) is 4.72 Å². The van der Waals surface area contributed by atoms with Crippen molar-refractivity contribution < 1.29 is 36.9 Å². The Morgan fingerprint density at radius 2 is 1.02 bits per heavy atom. The Kier molecular flexibility index (Phi) is 25.0. The van der Waals surface area contributed by atoms with Crippen LogP contribution in [0.15, 0.2) is 70.5 Å². The smallest absolute Gasteiger partial charge is 0.323 e. The molecule has 0 amide bonds. The van der Waals surface area contributed by atoms with Crippen LogP contribution >= 0.6 is 10.7 Å². The van der Waals surface area contributed by atoms with Gasteiger partial charge >= 0.3 is 5.97 Å². The summed E-state index contributed by atoms with van der Waals surface area (Å²) in [5.41, 5.74) is 8.02. The molecule has 0 aliphatic rings. The van der Waals surface area contributed by atoms with Gasteiger partial charge in [0.15, 0.2) is 0 Å². The Bertz CT molecular complexity index is 1170. The molecule has 0 spiro atoms.